The van der Waals surface area contributed by atoms with E-state index in [1.54, 1.807) is 6.07 Å². The van der Waals surface area contributed by atoms with Crippen LogP contribution in [0.3, 0.4) is 0 Å². The molecule has 0 bridgehead atoms. The van der Waals surface area contributed by atoms with Crippen LogP contribution in [0.15, 0.2) is 16.5 Å². The molecule has 2 nitrogen and oxygen atoms in total. The summed E-state index contributed by atoms with van der Waals surface area (Å²) in [5, 5.41) is 5.28. The molecule has 2 aromatic rings. The van der Waals surface area contributed by atoms with Crippen LogP contribution in [0.2, 0.25) is 10.0 Å². The minimum absolute atomic E-state index is 0.491. The van der Waals surface area contributed by atoms with E-state index in [2.05, 4.69) is 12.2 Å². The summed E-state index contributed by atoms with van der Waals surface area (Å²) >= 11 is 12.0. The highest BCUT2D eigenvalue weighted by Crippen LogP contribution is 2.35. The fraction of sp³-hybridized carbons (Fsp3) is 0.333. The largest absolute Gasteiger partial charge is 0.458 e. The van der Waals surface area contributed by atoms with Crippen LogP contribution >= 0.6 is 23.2 Å². The molecule has 0 amide bonds. The average Bonchev–Trinajstić information content (AvgIpc) is 2.59. The van der Waals surface area contributed by atoms with Crippen molar-refractivity contribution in [3.8, 4) is 0 Å². The second-order valence-electron chi connectivity index (χ2n) is 3.67. The highest BCUT2D eigenvalue weighted by molar-refractivity contribution is 6.44. The molecule has 1 aromatic heterocycles. The first-order chi connectivity index (χ1) is 7.65. The third-order valence-electron chi connectivity index (χ3n) is 2.63. The standard InChI is InChI=1S/C12H13Cl2NO/c1-3-15-6-10-7(2)8-4-5-9(13)11(14)12(8)16-10/h4-5,15H,3,6H2,1-2H3. The van der Waals surface area contributed by atoms with Crippen molar-refractivity contribution in [3.05, 3.63) is 33.5 Å². The monoisotopic (exact) mass is 257 g/mol. The van der Waals surface area contributed by atoms with Gasteiger partial charge in [-0.15, -0.1) is 0 Å². The van der Waals surface area contributed by atoms with Gasteiger partial charge in [-0.1, -0.05) is 30.1 Å². The number of fused-ring (bicyclic) bond motifs is 1. The molecule has 1 N–H and O–H groups in total. The molecule has 1 heterocycles. The third-order valence-corrected chi connectivity index (χ3v) is 3.42. The van der Waals surface area contributed by atoms with Gasteiger partial charge in [0.25, 0.3) is 0 Å². The minimum Gasteiger partial charge on any atom is -0.458 e. The van der Waals surface area contributed by atoms with Crippen LogP contribution < -0.4 is 5.32 Å². The Bertz CT molecular complexity index is 519. The lowest BCUT2D eigenvalue weighted by atomic mass is 10.1. The number of aryl methyl sites for hydroxylation is 1. The number of rotatable bonds is 3. The van der Waals surface area contributed by atoms with Crippen molar-refractivity contribution in [2.45, 2.75) is 20.4 Å². The smallest absolute Gasteiger partial charge is 0.154 e. The quantitative estimate of drug-likeness (QED) is 0.894. The number of halogens is 2. The molecule has 0 spiro atoms. The second kappa shape index (κ2) is 4.66. The lowest BCUT2D eigenvalue weighted by Crippen LogP contribution is -2.11. The summed E-state index contributed by atoms with van der Waals surface area (Å²) in [4.78, 5) is 0. The SMILES string of the molecule is CCNCc1oc2c(Cl)c(Cl)ccc2c1C. The van der Waals surface area contributed by atoms with E-state index < -0.39 is 0 Å². The van der Waals surface area contributed by atoms with E-state index in [1.807, 2.05) is 13.0 Å². The van der Waals surface area contributed by atoms with Crippen molar-refractivity contribution in [2.75, 3.05) is 6.54 Å². The van der Waals surface area contributed by atoms with Gasteiger partial charge in [0.15, 0.2) is 5.58 Å². The van der Waals surface area contributed by atoms with E-state index in [1.165, 1.54) is 0 Å². The number of furan rings is 1. The molecular weight excluding hydrogens is 245 g/mol. The van der Waals surface area contributed by atoms with Gasteiger partial charge < -0.3 is 9.73 Å². The Labute approximate surface area is 105 Å². The molecule has 0 aliphatic carbocycles. The Kier molecular flexibility index (Phi) is 3.43. The van der Waals surface area contributed by atoms with Crippen molar-refractivity contribution < 1.29 is 4.42 Å². The Hall–Kier alpha value is -0.700. The third kappa shape index (κ3) is 1.93. The van der Waals surface area contributed by atoms with E-state index >= 15 is 0 Å². The molecule has 16 heavy (non-hydrogen) atoms. The van der Waals surface area contributed by atoms with E-state index in [9.17, 15) is 0 Å². The molecule has 1 aromatic carbocycles. The Balaban J connectivity index is 2.54. The maximum Gasteiger partial charge on any atom is 0.154 e. The zero-order chi connectivity index (χ0) is 11.7. The average molecular weight is 258 g/mol. The molecule has 4 heteroatoms. The number of nitrogens with one attached hydrogen (secondary N) is 1. The Morgan fingerprint density at radius 1 is 1.31 bits per heavy atom. The van der Waals surface area contributed by atoms with Gasteiger partial charge in [-0.2, -0.15) is 0 Å². The van der Waals surface area contributed by atoms with Crippen LogP contribution in [0.1, 0.15) is 18.2 Å². The van der Waals surface area contributed by atoms with Crippen LogP contribution in [0, 0.1) is 6.92 Å². The Morgan fingerprint density at radius 3 is 2.75 bits per heavy atom. The summed E-state index contributed by atoms with van der Waals surface area (Å²) in [6, 6.07) is 3.74. The van der Waals surface area contributed by atoms with E-state index in [-0.39, 0.29) is 0 Å². The highest BCUT2D eigenvalue weighted by atomic mass is 35.5. The molecular formula is C12H13Cl2NO. The first-order valence-electron chi connectivity index (χ1n) is 5.21. The normalized spacial score (nSPS) is 11.2. The number of hydrogen-bond acceptors (Lipinski definition) is 2. The zero-order valence-electron chi connectivity index (χ0n) is 9.23. The van der Waals surface area contributed by atoms with Gasteiger partial charge >= 0.3 is 0 Å². The van der Waals surface area contributed by atoms with Gasteiger partial charge in [0.1, 0.15) is 10.8 Å². The van der Waals surface area contributed by atoms with Gasteiger partial charge in [-0.05, 0) is 31.2 Å². The van der Waals surface area contributed by atoms with E-state index in [4.69, 9.17) is 27.6 Å². The molecule has 86 valence electrons. The predicted octanol–water partition coefficient (Wildman–Crippen LogP) is 4.16. The van der Waals surface area contributed by atoms with Crippen molar-refractivity contribution >= 4 is 34.2 Å². The van der Waals surface area contributed by atoms with E-state index in [0.717, 1.165) is 23.3 Å². The first kappa shape index (κ1) is 11.8. The zero-order valence-corrected chi connectivity index (χ0v) is 10.7. The highest BCUT2D eigenvalue weighted by Gasteiger charge is 2.14. The maximum absolute atomic E-state index is 6.10. The minimum atomic E-state index is 0.491. The number of hydrogen-bond donors (Lipinski definition) is 1. The van der Waals surface area contributed by atoms with E-state index in [0.29, 0.717) is 22.2 Å². The van der Waals surface area contributed by atoms with Crippen LogP contribution in [-0.4, -0.2) is 6.54 Å². The van der Waals surface area contributed by atoms with Crippen molar-refractivity contribution in [1.29, 1.82) is 0 Å². The maximum atomic E-state index is 6.10. The summed E-state index contributed by atoms with van der Waals surface area (Å²) in [6.07, 6.45) is 0. The number of benzene rings is 1. The molecule has 0 aliphatic rings. The topological polar surface area (TPSA) is 25.2 Å². The Morgan fingerprint density at radius 2 is 2.06 bits per heavy atom. The molecule has 0 radical (unpaired) electrons. The van der Waals surface area contributed by atoms with Crippen molar-refractivity contribution in [1.82, 2.24) is 5.32 Å². The van der Waals surface area contributed by atoms with Crippen LogP contribution in [0.4, 0.5) is 0 Å². The summed E-state index contributed by atoms with van der Waals surface area (Å²) < 4.78 is 5.73. The predicted molar refractivity (Wildman–Crippen MR) is 68.4 cm³/mol. The lowest BCUT2D eigenvalue weighted by Gasteiger charge is -1.97. The van der Waals surface area contributed by atoms with Gasteiger partial charge in [0, 0.05) is 5.39 Å². The van der Waals surface area contributed by atoms with Gasteiger partial charge in [-0.25, -0.2) is 0 Å². The fourth-order valence-corrected chi connectivity index (χ4v) is 2.04. The van der Waals surface area contributed by atoms with Gasteiger partial charge in [-0.3, -0.25) is 0 Å². The van der Waals surface area contributed by atoms with Crippen molar-refractivity contribution in [3.63, 3.8) is 0 Å². The lowest BCUT2D eigenvalue weighted by molar-refractivity contribution is 0.516. The van der Waals surface area contributed by atoms with Crippen LogP contribution in [-0.2, 0) is 6.54 Å². The molecule has 2 rings (SSSR count). The first-order valence-corrected chi connectivity index (χ1v) is 5.97. The van der Waals surface area contributed by atoms with Crippen LogP contribution in [0.5, 0.6) is 0 Å². The van der Waals surface area contributed by atoms with Gasteiger partial charge in [0.2, 0.25) is 0 Å². The molecule has 0 unspecified atom stereocenters. The summed E-state index contributed by atoms with van der Waals surface area (Å²) in [6.45, 7) is 5.71. The molecule has 0 saturated carbocycles. The summed E-state index contributed by atoms with van der Waals surface area (Å²) in [7, 11) is 0. The molecule has 0 fully saturated rings. The van der Waals surface area contributed by atoms with Crippen LogP contribution in [0.25, 0.3) is 11.0 Å². The second-order valence-corrected chi connectivity index (χ2v) is 4.45. The summed E-state index contributed by atoms with van der Waals surface area (Å²) in [5.41, 5.74) is 1.80. The molecule has 0 aliphatic heterocycles. The summed E-state index contributed by atoms with van der Waals surface area (Å²) in [5.74, 6) is 0.918. The fourth-order valence-electron chi connectivity index (χ4n) is 1.68. The molecule has 0 saturated heterocycles. The van der Waals surface area contributed by atoms with Gasteiger partial charge in [0.05, 0.1) is 11.6 Å². The van der Waals surface area contributed by atoms with Crippen molar-refractivity contribution in [2.24, 2.45) is 0 Å². The molecule has 0 atom stereocenters.